The van der Waals surface area contributed by atoms with E-state index in [1.807, 2.05) is 18.2 Å². The van der Waals surface area contributed by atoms with E-state index in [4.69, 9.17) is 15.2 Å². The Labute approximate surface area is 174 Å². The lowest BCUT2D eigenvalue weighted by Crippen LogP contribution is -2.18. The third-order valence-corrected chi connectivity index (χ3v) is 4.54. The smallest absolute Gasteiger partial charge is 0.224 e. The number of anilines is 2. The Hall–Kier alpha value is -3.55. The van der Waals surface area contributed by atoms with Gasteiger partial charge in [0, 0.05) is 24.2 Å². The number of fused-ring (bicyclic) bond motifs is 1. The number of carbonyl (C=O) groups is 3. The SMILES string of the molecule is NC(=O)CCOc1ccc(NC(=O)CCCOc2ccc3c(c2)CCC(=O)N3)cc1. The van der Waals surface area contributed by atoms with Gasteiger partial charge >= 0.3 is 0 Å². The molecule has 0 atom stereocenters. The van der Waals surface area contributed by atoms with Crippen molar-refractivity contribution in [2.75, 3.05) is 23.8 Å². The van der Waals surface area contributed by atoms with Gasteiger partial charge in [-0.3, -0.25) is 14.4 Å². The summed E-state index contributed by atoms with van der Waals surface area (Å²) in [4.78, 5) is 34.2. The fourth-order valence-corrected chi connectivity index (χ4v) is 3.00. The van der Waals surface area contributed by atoms with Crippen molar-refractivity contribution in [2.24, 2.45) is 5.73 Å². The number of benzene rings is 2. The summed E-state index contributed by atoms with van der Waals surface area (Å²) >= 11 is 0. The van der Waals surface area contributed by atoms with Crippen molar-refractivity contribution >= 4 is 29.1 Å². The molecule has 2 aromatic carbocycles. The summed E-state index contributed by atoms with van der Waals surface area (Å²) in [5.41, 5.74) is 7.63. The number of hydrogen-bond acceptors (Lipinski definition) is 5. The molecule has 3 amide bonds. The number of rotatable bonds is 10. The fourth-order valence-electron chi connectivity index (χ4n) is 3.00. The van der Waals surface area contributed by atoms with E-state index in [9.17, 15) is 14.4 Å². The third-order valence-electron chi connectivity index (χ3n) is 4.54. The van der Waals surface area contributed by atoms with Crippen LogP contribution in [0.5, 0.6) is 11.5 Å². The fraction of sp³-hybridized carbons (Fsp3) is 0.318. The highest BCUT2D eigenvalue weighted by Gasteiger charge is 2.15. The predicted octanol–water partition coefficient (Wildman–Crippen LogP) is 2.62. The highest BCUT2D eigenvalue weighted by Crippen LogP contribution is 2.26. The van der Waals surface area contributed by atoms with Crippen molar-refractivity contribution in [1.29, 1.82) is 0 Å². The molecule has 0 unspecified atom stereocenters. The average molecular weight is 411 g/mol. The summed E-state index contributed by atoms with van der Waals surface area (Å²) in [7, 11) is 0. The van der Waals surface area contributed by atoms with Gasteiger partial charge in [-0.25, -0.2) is 0 Å². The lowest BCUT2D eigenvalue weighted by molar-refractivity contribution is -0.118. The molecule has 0 radical (unpaired) electrons. The Morgan fingerprint density at radius 1 is 0.967 bits per heavy atom. The zero-order valence-corrected chi connectivity index (χ0v) is 16.6. The topological polar surface area (TPSA) is 120 Å². The van der Waals surface area contributed by atoms with E-state index in [1.54, 1.807) is 24.3 Å². The maximum Gasteiger partial charge on any atom is 0.224 e. The molecule has 8 heteroatoms. The molecular formula is C22H25N3O5. The first-order valence-electron chi connectivity index (χ1n) is 9.86. The van der Waals surface area contributed by atoms with Crippen LogP contribution in [0, 0.1) is 0 Å². The van der Waals surface area contributed by atoms with Crippen molar-refractivity contribution < 1.29 is 23.9 Å². The average Bonchev–Trinajstić information content (AvgIpc) is 2.72. The summed E-state index contributed by atoms with van der Waals surface area (Å²) in [5, 5.41) is 5.66. The number of hydrogen-bond donors (Lipinski definition) is 3. The van der Waals surface area contributed by atoms with Crippen LogP contribution < -0.4 is 25.8 Å². The molecule has 0 aromatic heterocycles. The van der Waals surface area contributed by atoms with Crippen LogP contribution in [0.2, 0.25) is 0 Å². The number of amides is 3. The highest BCUT2D eigenvalue weighted by atomic mass is 16.5. The van der Waals surface area contributed by atoms with Crippen molar-refractivity contribution in [1.82, 2.24) is 0 Å². The molecule has 1 heterocycles. The largest absolute Gasteiger partial charge is 0.494 e. The number of carbonyl (C=O) groups excluding carboxylic acids is 3. The number of ether oxygens (including phenoxy) is 2. The van der Waals surface area contributed by atoms with Gasteiger partial charge < -0.3 is 25.8 Å². The van der Waals surface area contributed by atoms with Crippen molar-refractivity contribution in [3.8, 4) is 11.5 Å². The van der Waals surface area contributed by atoms with Crippen molar-refractivity contribution in [3.05, 3.63) is 48.0 Å². The molecular weight excluding hydrogens is 386 g/mol. The standard InChI is InChI=1S/C22H25N3O5/c23-20(26)11-13-30-17-6-4-16(5-7-17)24-21(27)2-1-12-29-18-8-9-19-15(14-18)3-10-22(28)25-19/h4-9,14H,1-3,10-13H2,(H2,23,26)(H,24,27)(H,25,28). The van der Waals surface area contributed by atoms with E-state index in [2.05, 4.69) is 10.6 Å². The molecule has 0 saturated carbocycles. The Bertz CT molecular complexity index is 911. The van der Waals surface area contributed by atoms with Crippen LogP contribution >= 0.6 is 0 Å². The summed E-state index contributed by atoms with van der Waals surface area (Å²) < 4.78 is 11.1. The van der Waals surface area contributed by atoms with Gasteiger partial charge in [-0.05, 0) is 60.9 Å². The first-order chi connectivity index (χ1) is 14.5. The molecule has 30 heavy (non-hydrogen) atoms. The number of nitrogens with one attached hydrogen (secondary N) is 2. The molecule has 1 aliphatic heterocycles. The molecule has 3 rings (SSSR count). The number of primary amides is 1. The highest BCUT2D eigenvalue weighted by molar-refractivity contribution is 5.94. The lowest BCUT2D eigenvalue weighted by Gasteiger charge is -2.17. The second-order valence-corrected chi connectivity index (χ2v) is 6.96. The summed E-state index contributed by atoms with van der Waals surface area (Å²) in [6, 6.07) is 12.5. The van der Waals surface area contributed by atoms with Crippen LogP contribution in [0.15, 0.2) is 42.5 Å². The zero-order chi connectivity index (χ0) is 21.3. The minimum absolute atomic E-state index is 0.0347. The van der Waals surface area contributed by atoms with Gasteiger partial charge in [-0.1, -0.05) is 0 Å². The summed E-state index contributed by atoms with van der Waals surface area (Å²) in [6.45, 7) is 0.644. The van der Waals surface area contributed by atoms with Crippen LogP contribution in [0.4, 0.5) is 11.4 Å². The van der Waals surface area contributed by atoms with Crippen molar-refractivity contribution in [2.45, 2.75) is 32.1 Å². The summed E-state index contributed by atoms with van der Waals surface area (Å²) in [6.07, 6.45) is 2.25. The lowest BCUT2D eigenvalue weighted by atomic mass is 10.0. The first kappa shape index (κ1) is 21.2. The van der Waals surface area contributed by atoms with Gasteiger partial charge in [0.15, 0.2) is 0 Å². The zero-order valence-electron chi connectivity index (χ0n) is 16.6. The second kappa shape index (κ2) is 10.3. The van der Waals surface area contributed by atoms with Crippen LogP contribution in [-0.2, 0) is 20.8 Å². The van der Waals surface area contributed by atoms with E-state index in [-0.39, 0.29) is 24.8 Å². The Morgan fingerprint density at radius 2 is 1.70 bits per heavy atom. The molecule has 2 aromatic rings. The summed E-state index contributed by atoms with van der Waals surface area (Å²) in [5.74, 6) is 0.856. The Kier molecular flexibility index (Phi) is 7.26. The second-order valence-electron chi connectivity index (χ2n) is 6.96. The molecule has 0 bridgehead atoms. The van der Waals surface area contributed by atoms with Crippen LogP contribution in [0.25, 0.3) is 0 Å². The first-order valence-corrected chi connectivity index (χ1v) is 9.86. The molecule has 0 aliphatic carbocycles. The van der Waals surface area contributed by atoms with E-state index in [0.29, 0.717) is 43.7 Å². The molecule has 0 fully saturated rings. The number of aryl methyl sites for hydroxylation is 1. The van der Waals surface area contributed by atoms with Crippen LogP contribution in [-0.4, -0.2) is 30.9 Å². The van der Waals surface area contributed by atoms with Gasteiger partial charge in [-0.2, -0.15) is 0 Å². The van der Waals surface area contributed by atoms with Gasteiger partial charge in [0.05, 0.1) is 19.6 Å². The van der Waals surface area contributed by atoms with Gasteiger partial charge in [0.25, 0.3) is 0 Å². The quantitative estimate of drug-likeness (QED) is 0.519. The van der Waals surface area contributed by atoms with E-state index in [0.717, 1.165) is 17.0 Å². The monoisotopic (exact) mass is 411 g/mol. The minimum Gasteiger partial charge on any atom is -0.494 e. The minimum atomic E-state index is -0.414. The van der Waals surface area contributed by atoms with Crippen LogP contribution in [0.1, 0.15) is 31.2 Å². The van der Waals surface area contributed by atoms with E-state index in [1.165, 1.54) is 0 Å². The molecule has 0 spiro atoms. The molecule has 4 N–H and O–H groups in total. The Morgan fingerprint density at radius 3 is 2.47 bits per heavy atom. The van der Waals surface area contributed by atoms with Gasteiger partial charge in [0.2, 0.25) is 17.7 Å². The van der Waals surface area contributed by atoms with E-state index < -0.39 is 5.91 Å². The third kappa shape index (κ3) is 6.51. The Balaban J connectivity index is 1.36. The maximum absolute atomic E-state index is 12.1. The molecule has 8 nitrogen and oxygen atoms in total. The van der Waals surface area contributed by atoms with Gasteiger partial charge in [0.1, 0.15) is 11.5 Å². The van der Waals surface area contributed by atoms with Crippen LogP contribution in [0.3, 0.4) is 0 Å². The molecule has 1 aliphatic rings. The van der Waals surface area contributed by atoms with Gasteiger partial charge in [-0.15, -0.1) is 0 Å². The molecule has 0 saturated heterocycles. The van der Waals surface area contributed by atoms with E-state index >= 15 is 0 Å². The van der Waals surface area contributed by atoms with Crippen molar-refractivity contribution in [3.63, 3.8) is 0 Å². The normalized spacial score (nSPS) is 12.5. The predicted molar refractivity (Wildman–Crippen MR) is 112 cm³/mol. The maximum atomic E-state index is 12.1. The number of nitrogens with two attached hydrogens (primary N) is 1. The molecule has 158 valence electrons.